The van der Waals surface area contributed by atoms with Crippen molar-refractivity contribution < 1.29 is 18.6 Å². The highest BCUT2D eigenvalue weighted by atomic mass is 35.5. The zero-order valence-corrected chi connectivity index (χ0v) is 36.5. The minimum Gasteiger partial charge on any atom is -0.367 e. The number of carbonyl (C=O) groups is 3. The zero-order valence-electron chi connectivity index (χ0n) is 33.4. The van der Waals surface area contributed by atoms with Gasteiger partial charge in [0.2, 0.25) is 0 Å². The van der Waals surface area contributed by atoms with Crippen molar-refractivity contribution in [3.8, 4) is 5.69 Å². The zero-order chi connectivity index (χ0) is 41.8. The molecule has 308 valence electrons. The number of anilines is 1. The smallest absolute Gasteiger partial charge is 0.275 e. The molecule has 14 heteroatoms. The van der Waals surface area contributed by atoms with Crippen LogP contribution in [-0.2, 0) is 36.9 Å². The van der Waals surface area contributed by atoms with Gasteiger partial charge in [-0.3, -0.25) is 19.1 Å². The van der Waals surface area contributed by atoms with Crippen LogP contribution < -0.4 is 9.62 Å². The number of amides is 3. The van der Waals surface area contributed by atoms with Crippen LogP contribution in [0.15, 0.2) is 83.8 Å². The highest BCUT2D eigenvalue weighted by Crippen LogP contribution is 2.33. The molecule has 0 spiro atoms. The summed E-state index contributed by atoms with van der Waals surface area (Å²) < 4.78 is 17.9. The van der Waals surface area contributed by atoms with Gasteiger partial charge in [-0.15, -0.1) is 0 Å². The van der Waals surface area contributed by atoms with Crippen LogP contribution in [0.1, 0.15) is 98.7 Å². The Morgan fingerprint density at radius 3 is 2.27 bits per heavy atom. The van der Waals surface area contributed by atoms with Crippen molar-refractivity contribution in [2.24, 2.45) is 0 Å². The predicted octanol–water partition coefficient (Wildman–Crippen LogP) is 9.40. The Morgan fingerprint density at radius 1 is 0.814 bits per heavy atom. The Morgan fingerprint density at radius 2 is 1.54 bits per heavy atom. The van der Waals surface area contributed by atoms with Gasteiger partial charge in [-0.05, 0) is 97.3 Å². The van der Waals surface area contributed by atoms with Gasteiger partial charge in [0.15, 0.2) is 16.7 Å². The normalized spacial score (nSPS) is 13.9. The Hall–Kier alpha value is -4.68. The second-order valence-corrected chi connectivity index (χ2v) is 17.5. The molecule has 0 fully saturated rings. The molecule has 1 N–H and O–H groups in total. The van der Waals surface area contributed by atoms with Crippen LogP contribution in [0.3, 0.4) is 0 Å². The summed E-state index contributed by atoms with van der Waals surface area (Å²) in [5, 5.41) is 5.91. The molecule has 0 bridgehead atoms. The van der Waals surface area contributed by atoms with Crippen LogP contribution in [0.25, 0.3) is 5.69 Å². The van der Waals surface area contributed by atoms with Gasteiger partial charge in [-0.2, -0.15) is 5.10 Å². The molecule has 3 amide bonds. The van der Waals surface area contributed by atoms with Crippen molar-refractivity contribution in [1.82, 2.24) is 24.3 Å². The van der Waals surface area contributed by atoms with Crippen LogP contribution in [0.2, 0.25) is 15.1 Å². The molecule has 0 saturated carbocycles. The van der Waals surface area contributed by atoms with E-state index in [-0.39, 0.29) is 33.7 Å². The lowest BCUT2D eigenvalue weighted by molar-refractivity contribution is 0.0732. The average molecular weight is 874 g/mol. The van der Waals surface area contributed by atoms with Crippen LogP contribution in [0.4, 0.5) is 5.69 Å². The highest BCUT2D eigenvalue weighted by Gasteiger charge is 2.30. The van der Waals surface area contributed by atoms with Crippen LogP contribution in [-0.4, -0.2) is 67.7 Å². The SMILES string of the molecule is CCCCN(CCCC)C(=O)c1nn(-c2ccc(C(=O)NS(=O)c3ccc4c(c3)N(Cc3ccc(Cl)c(Cl)c3)CC4)cc2C(=O)N2CCc3ccccc3C2)c(C)c1Cl. The summed E-state index contributed by atoms with van der Waals surface area (Å²) in [5.74, 6) is -1.19. The molecule has 0 aliphatic carbocycles. The van der Waals surface area contributed by atoms with E-state index in [1.54, 1.807) is 41.0 Å². The molecule has 7 rings (SSSR count). The number of fused-ring (bicyclic) bond motifs is 2. The van der Waals surface area contributed by atoms with Crippen LogP contribution >= 0.6 is 34.8 Å². The molecular formula is C45H47Cl3N6O4S. The van der Waals surface area contributed by atoms with Gasteiger partial charge in [0.05, 0.1) is 36.9 Å². The predicted molar refractivity (Wildman–Crippen MR) is 235 cm³/mol. The van der Waals surface area contributed by atoms with Gasteiger partial charge in [-0.1, -0.05) is 97.9 Å². The van der Waals surface area contributed by atoms with E-state index in [1.807, 2.05) is 42.5 Å². The van der Waals surface area contributed by atoms with Gasteiger partial charge >= 0.3 is 0 Å². The first-order valence-corrected chi connectivity index (χ1v) is 22.3. The standard InChI is InChI=1S/C45H47Cl3N6O4S/c1-4-6-20-51(21-7-5-2)45(57)42-41(48)29(3)54(49-42)39-17-14-33(25-36(39)44(56)53-23-18-31-10-8-9-11-34(31)28-53)43(55)50-59(58)35-15-13-32-19-22-52(40(32)26-35)27-30-12-16-37(46)38(47)24-30/h8-17,24-26H,4-7,18-23,27-28H2,1-3H3,(H,50,55). The molecule has 2 aliphatic rings. The summed E-state index contributed by atoms with van der Waals surface area (Å²) in [7, 11) is -1.92. The molecule has 5 aromatic rings. The number of hydrogen-bond acceptors (Lipinski definition) is 6. The number of rotatable bonds is 14. The summed E-state index contributed by atoms with van der Waals surface area (Å²) in [4.78, 5) is 48.5. The molecule has 0 radical (unpaired) electrons. The summed E-state index contributed by atoms with van der Waals surface area (Å²) in [6.45, 7) is 9.32. The van der Waals surface area contributed by atoms with E-state index in [0.29, 0.717) is 65.5 Å². The van der Waals surface area contributed by atoms with E-state index in [9.17, 15) is 18.6 Å². The number of aromatic nitrogens is 2. The van der Waals surface area contributed by atoms with E-state index >= 15 is 0 Å². The Labute approximate surface area is 363 Å². The van der Waals surface area contributed by atoms with Crippen molar-refractivity contribution >= 4 is 69.2 Å². The second-order valence-electron chi connectivity index (χ2n) is 15.0. The Kier molecular flexibility index (Phi) is 13.5. The van der Waals surface area contributed by atoms with Crippen molar-refractivity contribution in [1.29, 1.82) is 0 Å². The first-order valence-electron chi connectivity index (χ1n) is 20.1. The molecule has 0 saturated heterocycles. The van der Waals surface area contributed by atoms with E-state index in [0.717, 1.165) is 61.0 Å². The van der Waals surface area contributed by atoms with Gasteiger partial charge in [0, 0.05) is 50.5 Å². The summed E-state index contributed by atoms with van der Waals surface area (Å²) in [5.41, 5.74) is 6.59. The third kappa shape index (κ3) is 9.23. The van der Waals surface area contributed by atoms with Crippen molar-refractivity contribution in [3.63, 3.8) is 0 Å². The molecule has 1 aromatic heterocycles. The lowest BCUT2D eigenvalue weighted by Gasteiger charge is -2.29. The van der Waals surface area contributed by atoms with E-state index in [2.05, 4.69) is 29.5 Å². The fraction of sp³-hybridized carbons (Fsp3) is 0.333. The number of halogens is 3. The first-order chi connectivity index (χ1) is 28.5. The third-order valence-corrected chi connectivity index (χ3v) is 13.3. The lowest BCUT2D eigenvalue weighted by atomic mass is 9.98. The number of unbranched alkanes of at least 4 members (excludes halogenated alkanes) is 2. The maximum Gasteiger partial charge on any atom is 0.275 e. The summed E-state index contributed by atoms with van der Waals surface area (Å²) in [6, 6.07) is 23.8. The average Bonchev–Trinajstić information content (AvgIpc) is 3.79. The molecule has 1 unspecified atom stereocenters. The molecule has 10 nitrogen and oxygen atoms in total. The second kappa shape index (κ2) is 18.7. The number of nitrogens with one attached hydrogen (secondary N) is 1. The Bertz CT molecular complexity index is 2430. The maximum absolute atomic E-state index is 14.6. The largest absolute Gasteiger partial charge is 0.367 e. The maximum atomic E-state index is 14.6. The molecule has 2 aliphatic heterocycles. The number of carbonyl (C=O) groups excluding carboxylic acids is 3. The van der Waals surface area contributed by atoms with Gasteiger partial charge < -0.3 is 14.7 Å². The van der Waals surface area contributed by atoms with E-state index < -0.39 is 16.9 Å². The fourth-order valence-corrected chi connectivity index (χ4v) is 8.99. The summed E-state index contributed by atoms with van der Waals surface area (Å²) >= 11 is 19.3. The van der Waals surface area contributed by atoms with Crippen molar-refractivity contribution in [2.45, 2.75) is 77.3 Å². The van der Waals surface area contributed by atoms with Crippen molar-refractivity contribution in [3.05, 3.63) is 139 Å². The highest BCUT2D eigenvalue weighted by molar-refractivity contribution is 7.83. The van der Waals surface area contributed by atoms with Gasteiger partial charge in [0.25, 0.3) is 17.7 Å². The molecule has 1 atom stereocenters. The number of nitrogens with zero attached hydrogens (tertiary/aromatic N) is 5. The Balaban J connectivity index is 1.18. The lowest BCUT2D eigenvalue weighted by Crippen LogP contribution is -2.37. The van der Waals surface area contributed by atoms with E-state index in [1.165, 1.54) is 16.3 Å². The number of benzene rings is 4. The number of hydrogen-bond donors (Lipinski definition) is 1. The topological polar surface area (TPSA) is 108 Å². The van der Waals surface area contributed by atoms with Gasteiger partial charge in [-0.25, -0.2) is 8.89 Å². The molecule has 4 aromatic carbocycles. The fourth-order valence-electron chi connectivity index (χ4n) is 7.66. The van der Waals surface area contributed by atoms with Gasteiger partial charge in [0.1, 0.15) is 0 Å². The minimum absolute atomic E-state index is 0.115. The van der Waals surface area contributed by atoms with E-state index in [4.69, 9.17) is 39.9 Å². The first kappa shape index (κ1) is 42.4. The minimum atomic E-state index is -1.92. The quantitative estimate of drug-likeness (QED) is 0.119. The molecular weight excluding hydrogens is 827 g/mol. The monoisotopic (exact) mass is 872 g/mol. The molecule has 59 heavy (non-hydrogen) atoms. The molecule has 3 heterocycles. The summed E-state index contributed by atoms with van der Waals surface area (Å²) in [6.07, 6.45) is 5.08. The van der Waals surface area contributed by atoms with Crippen molar-refractivity contribution in [2.75, 3.05) is 31.1 Å². The van der Waals surface area contributed by atoms with Crippen LogP contribution in [0, 0.1) is 6.92 Å². The third-order valence-electron chi connectivity index (χ3n) is 11.0. The van der Waals surface area contributed by atoms with Crippen LogP contribution in [0.5, 0.6) is 0 Å².